The van der Waals surface area contributed by atoms with E-state index in [1.165, 1.54) is 31.4 Å². The number of alkyl halides is 1. The number of hydrogen-bond donors (Lipinski definition) is 0. The Kier molecular flexibility index (Phi) is 2.74. The topological polar surface area (TPSA) is 20.5 Å². The summed E-state index contributed by atoms with van der Waals surface area (Å²) in [6, 6.07) is 1.54. The molecule has 2 aliphatic heterocycles. The van der Waals surface area contributed by atoms with Crippen LogP contribution in [0.2, 0.25) is 0 Å². The molecule has 2 bridgehead atoms. The van der Waals surface area contributed by atoms with E-state index >= 15 is 0 Å². The van der Waals surface area contributed by atoms with Gasteiger partial charge in [-0.15, -0.1) is 11.3 Å². The van der Waals surface area contributed by atoms with Gasteiger partial charge in [-0.05, 0) is 25.7 Å². The summed E-state index contributed by atoms with van der Waals surface area (Å²) < 4.78 is 2.14. The van der Waals surface area contributed by atoms with Gasteiger partial charge in [-0.1, -0.05) is 15.9 Å². The minimum absolute atomic E-state index is 0.733. The van der Waals surface area contributed by atoms with Crippen LogP contribution in [0.3, 0.4) is 0 Å². The first-order valence-corrected chi connectivity index (χ1v) is 8.40. The molecule has 2 aromatic rings. The maximum Gasteiger partial charge on any atom is 0.193 e. The molecule has 2 unspecified atom stereocenters. The van der Waals surface area contributed by atoms with E-state index < -0.39 is 0 Å². The predicted molar refractivity (Wildman–Crippen MR) is 77.4 cm³/mol. The maximum atomic E-state index is 4.71. The number of aromatic nitrogens is 2. The fourth-order valence-corrected chi connectivity index (χ4v) is 5.09. The standard InChI is InChI=1S/C13H16BrN3S/c14-9-5-11-1-2-12(6-9)17(11)8-10-7-16-3-4-18-13(16)15-10/h3-4,7,9,11-12H,1-2,5-6,8H2. The summed E-state index contributed by atoms with van der Waals surface area (Å²) in [6.45, 7) is 1.03. The van der Waals surface area contributed by atoms with Crippen LogP contribution in [0.5, 0.6) is 0 Å². The van der Waals surface area contributed by atoms with E-state index in [4.69, 9.17) is 4.98 Å². The van der Waals surface area contributed by atoms with Crippen molar-refractivity contribution in [3.63, 3.8) is 0 Å². The molecule has 0 N–H and O–H groups in total. The third-order valence-corrected chi connectivity index (χ3v) is 5.83. The molecule has 18 heavy (non-hydrogen) atoms. The van der Waals surface area contributed by atoms with Crippen LogP contribution in [0.25, 0.3) is 4.96 Å². The number of hydrogen-bond acceptors (Lipinski definition) is 3. The molecule has 0 saturated carbocycles. The summed E-state index contributed by atoms with van der Waals surface area (Å²) in [5.74, 6) is 0. The molecule has 0 amide bonds. The van der Waals surface area contributed by atoms with Gasteiger partial charge in [0.1, 0.15) is 0 Å². The summed E-state index contributed by atoms with van der Waals surface area (Å²) in [7, 11) is 0. The Balaban J connectivity index is 1.56. The van der Waals surface area contributed by atoms with Crippen LogP contribution in [0, 0.1) is 0 Å². The largest absolute Gasteiger partial charge is 0.297 e. The maximum absolute atomic E-state index is 4.71. The number of imidazole rings is 1. The number of thiazole rings is 1. The van der Waals surface area contributed by atoms with E-state index in [-0.39, 0.29) is 0 Å². The molecule has 4 rings (SSSR count). The molecular weight excluding hydrogens is 310 g/mol. The summed E-state index contributed by atoms with van der Waals surface area (Å²) in [5, 5.41) is 2.09. The zero-order valence-corrected chi connectivity index (χ0v) is 12.5. The molecular formula is C13H16BrN3S. The SMILES string of the molecule is BrC1CC2CCC(C1)N2Cc1cn2ccsc2n1. The summed E-state index contributed by atoms with van der Waals surface area (Å²) >= 11 is 5.51. The lowest BCUT2D eigenvalue weighted by molar-refractivity contribution is 0.135. The zero-order chi connectivity index (χ0) is 12.1. The van der Waals surface area contributed by atoms with Gasteiger partial charge >= 0.3 is 0 Å². The lowest BCUT2D eigenvalue weighted by atomic mass is 10.0. The van der Waals surface area contributed by atoms with Gasteiger partial charge in [0, 0.05) is 41.2 Å². The summed E-state index contributed by atoms with van der Waals surface area (Å²) in [5.41, 5.74) is 1.23. The Labute approximate surface area is 119 Å². The minimum atomic E-state index is 0.733. The fraction of sp³-hybridized carbons (Fsp3) is 0.615. The highest BCUT2D eigenvalue weighted by Gasteiger charge is 2.39. The number of fused-ring (bicyclic) bond motifs is 3. The Bertz CT molecular complexity index is 521. The van der Waals surface area contributed by atoms with Crippen molar-refractivity contribution in [3.8, 4) is 0 Å². The van der Waals surface area contributed by atoms with Gasteiger partial charge in [-0.3, -0.25) is 9.30 Å². The van der Waals surface area contributed by atoms with Crippen LogP contribution in [-0.2, 0) is 6.54 Å². The van der Waals surface area contributed by atoms with Gasteiger partial charge in [0.25, 0.3) is 0 Å². The average Bonchev–Trinajstić information content (AvgIpc) is 2.94. The van der Waals surface area contributed by atoms with E-state index in [0.29, 0.717) is 0 Å². The van der Waals surface area contributed by atoms with Gasteiger partial charge in [-0.2, -0.15) is 0 Å². The molecule has 2 aromatic heterocycles. The Hall–Kier alpha value is -0.390. The van der Waals surface area contributed by atoms with Gasteiger partial charge in [0.15, 0.2) is 4.96 Å². The van der Waals surface area contributed by atoms with E-state index in [2.05, 4.69) is 43.0 Å². The number of piperidine rings is 1. The second kappa shape index (κ2) is 4.32. The van der Waals surface area contributed by atoms with Crippen LogP contribution in [-0.4, -0.2) is 31.2 Å². The number of rotatable bonds is 2. The van der Waals surface area contributed by atoms with Crippen molar-refractivity contribution < 1.29 is 0 Å². The molecule has 2 aliphatic rings. The first-order chi connectivity index (χ1) is 8.79. The number of halogens is 1. The van der Waals surface area contributed by atoms with Gasteiger partial charge in [0.2, 0.25) is 0 Å². The molecule has 0 aliphatic carbocycles. The van der Waals surface area contributed by atoms with Crippen molar-refractivity contribution in [3.05, 3.63) is 23.5 Å². The minimum Gasteiger partial charge on any atom is -0.297 e. The molecule has 5 heteroatoms. The second-order valence-electron chi connectivity index (χ2n) is 5.45. The molecule has 0 aromatic carbocycles. The van der Waals surface area contributed by atoms with E-state index in [1.54, 1.807) is 11.3 Å². The van der Waals surface area contributed by atoms with Crippen molar-refractivity contribution in [2.45, 2.75) is 49.1 Å². The Morgan fingerprint density at radius 1 is 1.33 bits per heavy atom. The monoisotopic (exact) mass is 325 g/mol. The smallest absolute Gasteiger partial charge is 0.193 e. The third kappa shape index (κ3) is 1.84. The number of nitrogens with zero attached hydrogens (tertiary/aromatic N) is 3. The van der Waals surface area contributed by atoms with Crippen molar-refractivity contribution >= 4 is 32.2 Å². The van der Waals surface area contributed by atoms with Crippen LogP contribution < -0.4 is 0 Å². The molecule has 4 heterocycles. The van der Waals surface area contributed by atoms with E-state index in [1.807, 2.05) is 0 Å². The highest BCUT2D eigenvalue weighted by Crippen LogP contribution is 2.39. The second-order valence-corrected chi connectivity index (χ2v) is 7.62. The Morgan fingerprint density at radius 3 is 2.83 bits per heavy atom. The first kappa shape index (κ1) is 11.4. The summed E-state index contributed by atoms with van der Waals surface area (Å²) in [4.78, 5) is 9.25. The molecule has 0 radical (unpaired) electrons. The lowest BCUT2D eigenvalue weighted by Crippen LogP contribution is -2.42. The van der Waals surface area contributed by atoms with E-state index in [0.717, 1.165) is 28.4 Å². The van der Waals surface area contributed by atoms with Crippen LogP contribution in [0.15, 0.2) is 17.8 Å². The van der Waals surface area contributed by atoms with Gasteiger partial charge in [0.05, 0.1) is 5.69 Å². The Morgan fingerprint density at radius 2 is 2.11 bits per heavy atom. The van der Waals surface area contributed by atoms with Crippen molar-refractivity contribution in [1.82, 2.24) is 14.3 Å². The lowest BCUT2D eigenvalue weighted by Gasteiger charge is -2.36. The molecule has 2 fully saturated rings. The van der Waals surface area contributed by atoms with Crippen molar-refractivity contribution in [2.24, 2.45) is 0 Å². The average molecular weight is 326 g/mol. The predicted octanol–water partition coefficient (Wildman–Crippen LogP) is 3.29. The van der Waals surface area contributed by atoms with E-state index in [9.17, 15) is 0 Å². The van der Waals surface area contributed by atoms with Crippen molar-refractivity contribution in [2.75, 3.05) is 0 Å². The first-order valence-electron chi connectivity index (χ1n) is 6.60. The van der Waals surface area contributed by atoms with Crippen LogP contribution in [0.1, 0.15) is 31.4 Å². The molecule has 2 saturated heterocycles. The molecule has 2 atom stereocenters. The van der Waals surface area contributed by atoms with Gasteiger partial charge in [-0.25, -0.2) is 4.98 Å². The zero-order valence-electron chi connectivity index (χ0n) is 10.1. The molecule has 0 spiro atoms. The molecule has 96 valence electrons. The fourth-order valence-electron chi connectivity index (χ4n) is 3.51. The highest BCUT2D eigenvalue weighted by atomic mass is 79.9. The highest BCUT2D eigenvalue weighted by molar-refractivity contribution is 9.09. The third-order valence-electron chi connectivity index (χ3n) is 4.31. The van der Waals surface area contributed by atoms with Crippen molar-refractivity contribution in [1.29, 1.82) is 0 Å². The quantitative estimate of drug-likeness (QED) is 0.790. The van der Waals surface area contributed by atoms with Crippen LogP contribution in [0.4, 0.5) is 0 Å². The summed E-state index contributed by atoms with van der Waals surface area (Å²) in [6.07, 6.45) is 9.63. The molecule has 3 nitrogen and oxygen atoms in total. The van der Waals surface area contributed by atoms with Crippen LogP contribution >= 0.6 is 27.3 Å². The van der Waals surface area contributed by atoms with Gasteiger partial charge < -0.3 is 0 Å². The normalized spacial score (nSPS) is 32.4.